The van der Waals surface area contributed by atoms with Crippen LogP contribution >= 0.6 is 0 Å². The van der Waals surface area contributed by atoms with Gasteiger partial charge in [-0.1, -0.05) is 63.8 Å². The van der Waals surface area contributed by atoms with Gasteiger partial charge in [0, 0.05) is 67.1 Å². The number of nitrogens with one attached hydrogen (secondary N) is 4. The van der Waals surface area contributed by atoms with Crippen molar-refractivity contribution in [2.45, 2.75) is 173 Å². The molecule has 0 bridgehead atoms. The van der Waals surface area contributed by atoms with E-state index in [-0.39, 0.29) is 94.2 Å². The summed E-state index contributed by atoms with van der Waals surface area (Å²) in [6.07, 6.45) is 9.02. The summed E-state index contributed by atoms with van der Waals surface area (Å²) < 4.78 is 33.9. The second kappa shape index (κ2) is 27.4. The quantitative estimate of drug-likeness (QED) is 0.0284. The third-order valence-corrected chi connectivity index (χ3v) is 17.3. The van der Waals surface area contributed by atoms with Gasteiger partial charge < -0.3 is 51.4 Å². The standard InChI is InChI=1S/C59H82FN5O13/c1-37(2)52(62-27-12-15-44(67)35-76-45-16-9-7-6-8-10-17-45)48(68)31-40(14-11-28-63-54(61)73)53(72)65-42-22-19-39(20-23-42)34-78-55(74)64-29-13-18-51(71)77-36-50(70)59(75)38(3)30-47-46-24-21-41-32-43(66)25-26-56(41,4)58(46,60)49(69)33-57(47,59)5/h19-20,22-23,25-26,32,37-38,40,45-47,49,52,62,69,75H,6-9,11-16,18,21,24,27-31,33-36H2,1-5H3,(H,64,74)(H,65,72)(H3,61,63,73)/t38-,40-,45?,46+,47+,49+,52+,56+,57+,58+,59+/m1/s1. The van der Waals surface area contributed by atoms with Gasteiger partial charge in [0.2, 0.25) is 11.7 Å². The molecule has 19 heteroatoms. The monoisotopic (exact) mass is 1090 g/mol. The summed E-state index contributed by atoms with van der Waals surface area (Å²) in [6, 6.07) is 5.33. The molecule has 3 fully saturated rings. The van der Waals surface area contributed by atoms with E-state index in [0.29, 0.717) is 55.5 Å². The van der Waals surface area contributed by atoms with Crippen LogP contribution in [0.5, 0.6) is 0 Å². The van der Waals surface area contributed by atoms with Crippen molar-refractivity contribution in [1.82, 2.24) is 16.0 Å². The molecular weight excluding hydrogens is 1010 g/mol. The van der Waals surface area contributed by atoms with Crippen LogP contribution in [0, 0.1) is 52.3 Å². The highest BCUT2D eigenvalue weighted by molar-refractivity contribution is 6.01. The van der Waals surface area contributed by atoms with Gasteiger partial charge in [0.05, 0.1) is 12.1 Å². The number of esters is 1. The average molecular weight is 1090 g/mol. The molecule has 6 rings (SSSR count). The van der Waals surface area contributed by atoms with Gasteiger partial charge in [-0.05, 0) is 132 Å². The van der Waals surface area contributed by atoms with E-state index in [4.69, 9.17) is 19.9 Å². The molecule has 1 aromatic carbocycles. The number of primary amides is 1. The number of hydrogen-bond donors (Lipinski definition) is 7. The number of carbonyl (C=O) groups excluding carboxylic acids is 8. The number of ether oxygens (including phenoxy) is 3. The van der Waals surface area contributed by atoms with Gasteiger partial charge in [0.15, 0.2) is 29.6 Å². The first kappa shape index (κ1) is 61.4. The SMILES string of the molecule is CC(C)[C@H](NCCCC(=O)COC1C#CCCCCC1)C(=O)C[C@@H](CCCNC(N)=O)C(=O)Nc1ccc(COC(=O)NCCCC(=O)OCC(=O)[C@@]2(O)[C@H](C)C[C@H]3[C@@H]4CCC5=CC(=O)C=C[C@]5(C)[C@@]4(F)[C@@H](O)C[C@@]32C)cc1. The molecule has 0 spiro atoms. The number of halogens is 1. The Morgan fingerprint density at radius 2 is 1.64 bits per heavy atom. The van der Waals surface area contributed by atoms with Gasteiger partial charge in [-0.2, -0.15) is 0 Å². The van der Waals surface area contributed by atoms with Crippen LogP contribution in [-0.4, -0.2) is 120 Å². The number of hydrogen-bond acceptors (Lipinski definition) is 14. The van der Waals surface area contributed by atoms with Crippen molar-refractivity contribution in [3.63, 3.8) is 0 Å². The maximum atomic E-state index is 17.5. The topological polar surface area (TPSA) is 279 Å². The summed E-state index contributed by atoms with van der Waals surface area (Å²) in [4.78, 5) is 103. The summed E-state index contributed by atoms with van der Waals surface area (Å²) in [6.45, 7) is 8.80. The van der Waals surface area contributed by atoms with E-state index < -0.39 is 94.3 Å². The van der Waals surface area contributed by atoms with Crippen LogP contribution in [-0.2, 0) is 49.6 Å². The molecule has 1 unspecified atom stereocenters. The number of benzene rings is 1. The predicted octanol–water partition coefficient (Wildman–Crippen LogP) is 6.43. The Morgan fingerprint density at radius 1 is 0.910 bits per heavy atom. The Hall–Kier alpha value is -5.81. The summed E-state index contributed by atoms with van der Waals surface area (Å²) in [5.74, 6) is 1.35. The Labute approximate surface area is 457 Å². The average Bonchev–Trinajstić information content (AvgIpc) is 3.27. The summed E-state index contributed by atoms with van der Waals surface area (Å²) in [5.41, 5.74) is 0.355. The number of nitrogens with two attached hydrogens (primary N) is 1. The fraction of sp³-hybridized carbons (Fsp3) is 0.661. The first-order valence-electron chi connectivity index (χ1n) is 28.0. The molecule has 0 aliphatic heterocycles. The molecule has 428 valence electrons. The highest BCUT2D eigenvalue weighted by atomic mass is 19.1. The van der Waals surface area contributed by atoms with Gasteiger partial charge in [-0.25, -0.2) is 14.0 Å². The van der Waals surface area contributed by atoms with Gasteiger partial charge >= 0.3 is 18.1 Å². The van der Waals surface area contributed by atoms with Crippen LogP contribution in [0.15, 0.2) is 48.1 Å². The highest BCUT2D eigenvalue weighted by Gasteiger charge is 2.75. The van der Waals surface area contributed by atoms with Gasteiger partial charge in [0.25, 0.3) is 0 Å². The van der Waals surface area contributed by atoms with Gasteiger partial charge in [-0.3, -0.25) is 28.8 Å². The van der Waals surface area contributed by atoms with Crippen molar-refractivity contribution in [3.8, 4) is 11.8 Å². The Kier molecular flexibility index (Phi) is 21.6. The number of aliphatic hydroxyl groups is 2. The normalized spacial score (nSPS) is 28.9. The van der Waals surface area contributed by atoms with E-state index in [0.717, 1.165) is 32.1 Å². The van der Waals surface area contributed by atoms with Crippen LogP contribution < -0.4 is 27.0 Å². The van der Waals surface area contributed by atoms with E-state index in [1.54, 1.807) is 51.1 Å². The van der Waals surface area contributed by atoms with Crippen molar-refractivity contribution in [2.75, 3.05) is 38.2 Å². The zero-order chi connectivity index (χ0) is 56.8. The molecule has 8 N–H and O–H groups in total. The number of Topliss-reactive ketones (excluding diaryl/α,β-unsaturated/α-hetero) is 3. The van der Waals surface area contributed by atoms with Crippen molar-refractivity contribution in [1.29, 1.82) is 0 Å². The van der Waals surface area contributed by atoms with Crippen molar-refractivity contribution in [3.05, 3.63) is 53.6 Å². The smallest absolute Gasteiger partial charge is 0.407 e. The van der Waals surface area contributed by atoms with E-state index in [9.17, 15) is 48.6 Å². The number of alkyl carbamates (subject to hydrolysis) is 1. The lowest BCUT2D eigenvalue weighted by Crippen LogP contribution is -2.69. The first-order valence-corrected chi connectivity index (χ1v) is 28.0. The lowest BCUT2D eigenvalue weighted by molar-refractivity contribution is -0.220. The number of carbonyl (C=O) groups is 8. The molecule has 78 heavy (non-hydrogen) atoms. The van der Waals surface area contributed by atoms with Crippen LogP contribution in [0.3, 0.4) is 0 Å². The first-order chi connectivity index (χ1) is 37.0. The largest absolute Gasteiger partial charge is 0.458 e. The minimum Gasteiger partial charge on any atom is -0.458 e. The number of ketones is 4. The molecule has 3 saturated carbocycles. The third kappa shape index (κ3) is 14.5. The molecule has 0 heterocycles. The molecule has 5 aliphatic carbocycles. The minimum atomic E-state index is -2.12. The van der Waals surface area contributed by atoms with E-state index >= 15 is 4.39 Å². The fourth-order valence-electron chi connectivity index (χ4n) is 12.9. The lowest BCUT2D eigenvalue weighted by atomic mass is 9.44. The third-order valence-electron chi connectivity index (χ3n) is 17.3. The number of anilines is 1. The summed E-state index contributed by atoms with van der Waals surface area (Å²) >= 11 is 0. The molecule has 11 atom stereocenters. The number of amides is 4. The van der Waals surface area contributed by atoms with Crippen LogP contribution in [0.4, 0.5) is 19.7 Å². The molecule has 0 aromatic heterocycles. The molecule has 5 aliphatic rings. The van der Waals surface area contributed by atoms with E-state index in [2.05, 4.69) is 33.1 Å². The van der Waals surface area contributed by atoms with Crippen molar-refractivity contribution >= 4 is 52.8 Å². The summed E-state index contributed by atoms with van der Waals surface area (Å²) in [7, 11) is 0. The molecule has 4 amide bonds. The van der Waals surface area contributed by atoms with Crippen molar-refractivity contribution < 1.29 is 67.2 Å². The molecular formula is C59H82FN5O13. The number of alkyl halides is 1. The maximum absolute atomic E-state index is 17.5. The van der Waals surface area contributed by atoms with Gasteiger partial charge in [-0.15, -0.1) is 5.92 Å². The number of fused-ring (bicyclic) bond motifs is 5. The zero-order valence-electron chi connectivity index (χ0n) is 46.1. The highest BCUT2D eigenvalue weighted by Crippen LogP contribution is 2.70. The molecule has 18 nitrogen and oxygen atoms in total. The fourth-order valence-corrected chi connectivity index (χ4v) is 12.9. The number of allylic oxidation sites excluding steroid dienone is 4. The van der Waals surface area contributed by atoms with Crippen molar-refractivity contribution in [2.24, 2.45) is 46.2 Å². The van der Waals surface area contributed by atoms with Crippen LogP contribution in [0.2, 0.25) is 0 Å². The number of urea groups is 1. The predicted molar refractivity (Wildman–Crippen MR) is 288 cm³/mol. The van der Waals surface area contributed by atoms with Crippen LogP contribution in [0.1, 0.15) is 143 Å². The summed E-state index contributed by atoms with van der Waals surface area (Å²) in [5, 5.41) is 35.1. The zero-order valence-corrected chi connectivity index (χ0v) is 46.1. The van der Waals surface area contributed by atoms with E-state index in [1.807, 2.05) is 13.8 Å². The number of aliphatic hydroxyl groups excluding tert-OH is 1. The Morgan fingerprint density at radius 3 is 2.37 bits per heavy atom. The van der Waals surface area contributed by atoms with E-state index in [1.165, 1.54) is 12.2 Å². The molecule has 1 aromatic rings. The van der Waals surface area contributed by atoms with Gasteiger partial charge in [0.1, 0.15) is 24.9 Å². The lowest BCUT2D eigenvalue weighted by Gasteiger charge is -2.62. The maximum Gasteiger partial charge on any atom is 0.407 e. The Bertz CT molecular complexity index is 2490. The number of rotatable bonds is 27. The Balaban J connectivity index is 0.903. The second-order valence-corrected chi connectivity index (χ2v) is 22.9. The molecule has 0 radical (unpaired) electrons. The minimum absolute atomic E-state index is 0.00210. The van der Waals surface area contributed by atoms with Crippen LogP contribution in [0.25, 0.3) is 0 Å². The second-order valence-electron chi connectivity index (χ2n) is 22.9. The molecule has 0 saturated heterocycles.